The van der Waals surface area contributed by atoms with E-state index in [-0.39, 0.29) is 11.5 Å². The second kappa shape index (κ2) is 4.49. The molecule has 0 saturated heterocycles. The number of phenols is 1. The molecule has 0 aliphatic rings. The Kier molecular flexibility index (Phi) is 3.52. The van der Waals surface area contributed by atoms with Crippen LogP contribution in [0.3, 0.4) is 0 Å². The summed E-state index contributed by atoms with van der Waals surface area (Å²) in [5.41, 5.74) is 0.778. The van der Waals surface area contributed by atoms with Gasteiger partial charge in [0.15, 0.2) is 11.5 Å². The largest absolute Gasteiger partial charge is 0.524 e. The van der Waals surface area contributed by atoms with Crippen molar-refractivity contribution in [2.45, 2.75) is 6.42 Å². The molecule has 82 valence electrons. The molecule has 0 aromatic heterocycles. The van der Waals surface area contributed by atoms with Gasteiger partial charge in [0.05, 0.1) is 0 Å². The first-order valence-electron chi connectivity index (χ1n) is 4.10. The second-order valence-electron chi connectivity index (χ2n) is 2.88. The van der Waals surface area contributed by atoms with Crippen LogP contribution < -0.4 is 4.52 Å². The Balaban J connectivity index is 2.93. The van der Waals surface area contributed by atoms with Gasteiger partial charge in [0, 0.05) is 0 Å². The Bertz CT molecular complexity index is 409. The van der Waals surface area contributed by atoms with E-state index in [9.17, 15) is 9.67 Å². The van der Waals surface area contributed by atoms with Gasteiger partial charge in [-0.2, -0.15) is 0 Å². The van der Waals surface area contributed by atoms with E-state index in [1.165, 1.54) is 12.1 Å². The van der Waals surface area contributed by atoms with Crippen molar-refractivity contribution in [2.24, 2.45) is 0 Å². The molecule has 0 amide bonds. The van der Waals surface area contributed by atoms with Crippen molar-refractivity contribution in [3.8, 4) is 11.5 Å². The highest BCUT2D eigenvalue weighted by molar-refractivity contribution is 7.46. The Morgan fingerprint density at radius 1 is 1.47 bits per heavy atom. The molecule has 0 heterocycles. The van der Waals surface area contributed by atoms with Gasteiger partial charge in [-0.3, -0.25) is 9.79 Å². The fraction of sp³-hybridized carbons (Fsp3) is 0.111. The molecule has 0 spiro atoms. The van der Waals surface area contributed by atoms with Gasteiger partial charge < -0.3 is 9.63 Å². The van der Waals surface area contributed by atoms with Gasteiger partial charge in [0.1, 0.15) is 0 Å². The lowest BCUT2D eigenvalue weighted by Gasteiger charge is -2.09. The number of hydrogen-bond acceptors (Lipinski definition) is 3. The lowest BCUT2D eigenvalue weighted by Crippen LogP contribution is -1.91. The predicted molar refractivity (Wildman–Crippen MR) is 54.7 cm³/mol. The Morgan fingerprint density at radius 3 is 2.60 bits per heavy atom. The van der Waals surface area contributed by atoms with Crippen molar-refractivity contribution in [3.05, 3.63) is 36.4 Å². The second-order valence-corrected chi connectivity index (χ2v) is 4.04. The van der Waals surface area contributed by atoms with Crippen molar-refractivity contribution in [1.82, 2.24) is 0 Å². The van der Waals surface area contributed by atoms with E-state index in [0.717, 1.165) is 5.56 Å². The van der Waals surface area contributed by atoms with Gasteiger partial charge in [-0.15, -0.1) is 6.58 Å². The van der Waals surface area contributed by atoms with Crippen molar-refractivity contribution in [2.75, 3.05) is 0 Å². The van der Waals surface area contributed by atoms with Crippen LogP contribution in [0.5, 0.6) is 11.5 Å². The summed E-state index contributed by atoms with van der Waals surface area (Å²) in [4.78, 5) is 17.1. The monoisotopic (exact) mass is 230 g/mol. The summed E-state index contributed by atoms with van der Waals surface area (Å²) >= 11 is 0. The molecule has 6 heteroatoms. The van der Waals surface area contributed by atoms with E-state index < -0.39 is 7.82 Å². The summed E-state index contributed by atoms with van der Waals surface area (Å²) in [6, 6.07) is 4.26. The Morgan fingerprint density at radius 2 is 2.13 bits per heavy atom. The topological polar surface area (TPSA) is 87.0 Å². The Labute approximate surface area is 86.9 Å². The maximum atomic E-state index is 10.5. The van der Waals surface area contributed by atoms with Gasteiger partial charge in [0.2, 0.25) is 0 Å². The zero-order valence-electron chi connectivity index (χ0n) is 7.83. The fourth-order valence-electron chi connectivity index (χ4n) is 1.06. The van der Waals surface area contributed by atoms with E-state index in [2.05, 4.69) is 11.1 Å². The highest BCUT2D eigenvalue weighted by Gasteiger charge is 2.18. The number of phosphoric acid groups is 1. The molecule has 0 fully saturated rings. The third-order valence-corrected chi connectivity index (χ3v) is 2.06. The SMILES string of the molecule is C=CCc1ccc(OP(=O)(O)O)c(O)c1. The maximum absolute atomic E-state index is 10.5. The van der Waals surface area contributed by atoms with Crippen LogP contribution in [0, 0.1) is 0 Å². The molecule has 0 atom stereocenters. The summed E-state index contributed by atoms with van der Waals surface area (Å²) in [7, 11) is -4.63. The van der Waals surface area contributed by atoms with Crippen LogP contribution in [0.15, 0.2) is 30.9 Å². The normalized spacial score (nSPS) is 11.1. The standard InChI is InChI=1S/C9H11O5P/c1-2-3-7-4-5-9(8(10)6-7)14-15(11,12)13/h2,4-6,10H,1,3H2,(H2,11,12,13). The van der Waals surface area contributed by atoms with Crippen LogP contribution in [0.2, 0.25) is 0 Å². The molecule has 0 radical (unpaired) electrons. The van der Waals surface area contributed by atoms with Crippen LogP contribution >= 0.6 is 7.82 Å². The molecular weight excluding hydrogens is 219 g/mol. The summed E-state index contributed by atoms with van der Waals surface area (Å²) in [5.74, 6) is -0.547. The number of phosphoric ester groups is 1. The van der Waals surface area contributed by atoms with E-state index in [1.54, 1.807) is 12.1 Å². The Hall–Kier alpha value is -1.29. The molecular formula is C9H11O5P. The lowest BCUT2D eigenvalue weighted by molar-refractivity contribution is 0.278. The van der Waals surface area contributed by atoms with Gasteiger partial charge in [-0.05, 0) is 24.1 Å². The van der Waals surface area contributed by atoms with Crippen molar-refractivity contribution in [3.63, 3.8) is 0 Å². The average molecular weight is 230 g/mol. The van der Waals surface area contributed by atoms with Gasteiger partial charge in [-0.1, -0.05) is 12.1 Å². The molecule has 0 saturated carbocycles. The first-order chi connectivity index (χ1) is 6.92. The zero-order chi connectivity index (χ0) is 11.5. The smallest absolute Gasteiger partial charge is 0.504 e. The van der Waals surface area contributed by atoms with Gasteiger partial charge in [-0.25, -0.2) is 4.57 Å². The molecule has 1 aromatic carbocycles. The number of rotatable bonds is 4. The van der Waals surface area contributed by atoms with E-state index in [0.29, 0.717) is 6.42 Å². The number of phenolic OH excluding ortho intramolecular Hbond substituents is 1. The summed E-state index contributed by atoms with van der Waals surface area (Å²) in [5, 5.41) is 9.38. The molecule has 0 bridgehead atoms. The number of allylic oxidation sites excluding steroid dienone is 1. The number of hydrogen-bond donors (Lipinski definition) is 3. The fourth-order valence-corrected chi connectivity index (χ4v) is 1.47. The third-order valence-electron chi connectivity index (χ3n) is 1.62. The summed E-state index contributed by atoms with van der Waals surface area (Å²) < 4.78 is 14.8. The third kappa shape index (κ3) is 3.75. The van der Waals surface area contributed by atoms with E-state index in [4.69, 9.17) is 9.79 Å². The van der Waals surface area contributed by atoms with Crippen molar-refractivity contribution >= 4 is 7.82 Å². The first-order valence-corrected chi connectivity index (χ1v) is 5.63. The minimum absolute atomic E-state index is 0.240. The molecule has 0 aliphatic carbocycles. The molecule has 3 N–H and O–H groups in total. The van der Waals surface area contributed by atoms with Crippen LogP contribution in [0.25, 0.3) is 0 Å². The van der Waals surface area contributed by atoms with Crippen LogP contribution in [0.1, 0.15) is 5.56 Å². The highest BCUT2D eigenvalue weighted by Crippen LogP contribution is 2.41. The quantitative estimate of drug-likeness (QED) is 0.540. The molecule has 15 heavy (non-hydrogen) atoms. The zero-order valence-corrected chi connectivity index (χ0v) is 8.72. The van der Waals surface area contributed by atoms with Gasteiger partial charge >= 0.3 is 7.82 Å². The molecule has 5 nitrogen and oxygen atoms in total. The van der Waals surface area contributed by atoms with Crippen LogP contribution in [-0.4, -0.2) is 14.9 Å². The summed E-state index contributed by atoms with van der Waals surface area (Å²) in [6.45, 7) is 3.53. The van der Waals surface area contributed by atoms with E-state index >= 15 is 0 Å². The predicted octanol–water partition coefficient (Wildman–Crippen LogP) is 1.59. The highest BCUT2D eigenvalue weighted by atomic mass is 31.2. The van der Waals surface area contributed by atoms with E-state index in [1.807, 2.05) is 0 Å². The van der Waals surface area contributed by atoms with Crippen LogP contribution in [0.4, 0.5) is 0 Å². The van der Waals surface area contributed by atoms with Crippen molar-refractivity contribution < 1.29 is 24.0 Å². The van der Waals surface area contributed by atoms with Crippen LogP contribution in [-0.2, 0) is 11.0 Å². The molecule has 0 unspecified atom stereocenters. The first kappa shape index (κ1) is 11.8. The molecule has 1 aromatic rings. The minimum Gasteiger partial charge on any atom is -0.504 e. The van der Waals surface area contributed by atoms with Gasteiger partial charge in [0.25, 0.3) is 0 Å². The van der Waals surface area contributed by atoms with Crippen molar-refractivity contribution in [1.29, 1.82) is 0 Å². The molecule has 0 aliphatic heterocycles. The minimum atomic E-state index is -4.63. The number of aromatic hydroxyl groups is 1. The molecule has 1 rings (SSSR count). The average Bonchev–Trinajstić information content (AvgIpc) is 2.08. The lowest BCUT2D eigenvalue weighted by atomic mass is 10.1. The maximum Gasteiger partial charge on any atom is 0.524 e. The summed E-state index contributed by atoms with van der Waals surface area (Å²) in [6.07, 6.45) is 2.21. The number of benzene rings is 1.